The van der Waals surface area contributed by atoms with Crippen molar-refractivity contribution in [2.75, 3.05) is 6.61 Å². The van der Waals surface area contributed by atoms with Gasteiger partial charge in [0.1, 0.15) is 24.4 Å². The number of hydrogen-bond donors (Lipinski definition) is 5. The van der Waals surface area contributed by atoms with E-state index < -0.39 is 48.5 Å². The molecule has 0 amide bonds. The van der Waals surface area contributed by atoms with Crippen molar-refractivity contribution in [1.82, 2.24) is 0 Å². The Hall–Kier alpha value is -0.410. The highest BCUT2D eigenvalue weighted by atomic mass is 32.2. The maximum atomic E-state index is 9.81. The zero-order valence-corrected chi connectivity index (χ0v) is 9.85. The highest BCUT2D eigenvalue weighted by molar-refractivity contribution is 8.18. The Morgan fingerprint density at radius 1 is 1.12 bits per heavy atom. The molecule has 4 N–H and O–H groups in total. The van der Waals surface area contributed by atoms with Gasteiger partial charge < -0.3 is 29.3 Å². The molecule has 0 bridgehead atoms. The van der Waals surface area contributed by atoms with Gasteiger partial charge in [-0.25, -0.2) is 0 Å². The minimum atomic E-state index is -1.51. The molecule has 2 heterocycles. The predicted octanol–water partition coefficient (Wildman–Crippen LogP) is -1.24. The summed E-state index contributed by atoms with van der Waals surface area (Å²) in [6, 6.07) is 0. The van der Waals surface area contributed by atoms with Crippen LogP contribution in [-0.2, 0) is 8.92 Å². The number of allylic oxidation sites excluding steroid dienone is 2. The Kier molecular flexibility index (Phi) is 4.21. The maximum absolute atomic E-state index is 9.81. The monoisotopic (exact) mass is 264 g/mol. The van der Waals surface area contributed by atoms with Gasteiger partial charge in [0.05, 0.1) is 6.61 Å². The Labute approximate surface area is 101 Å². The molecule has 0 spiro atoms. The summed E-state index contributed by atoms with van der Waals surface area (Å²) in [5, 5.41) is 41.4. The molecular weight excluding hydrogens is 248 g/mol. The zero-order chi connectivity index (χ0) is 12.4. The number of thiol groups is 1. The van der Waals surface area contributed by atoms with Crippen molar-refractivity contribution in [3.63, 3.8) is 0 Å². The summed E-state index contributed by atoms with van der Waals surface area (Å²) in [6.45, 7) is -0.401. The largest absolute Gasteiger partial charge is 0.394 e. The molecule has 0 unspecified atom stereocenters. The summed E-state index contributed by atoms with van der Waals surface area (Å²) in [4.78, 5) is 0. The number of aliphatic hydroxyl groups excluding tert-OH is 4. The summed E-state index contributed by atoms with van der Waals surface area (Å²) in [5.41, 5.74) is 0. The molecule has 2 aliphatic rings. The fourth-order valence-electron chi connectivity index (χ4n) is 1.73. The summed E-state index contributed by atoms with van der Waals surface area (Å²) in [7, 11) is 0. The van der Waals surface area contributed by atoms with E-state index in [1.54, 1.807) is 0 Å². The first kappa shape index (κ1) is 13.0. The summed E-state index contributed by atoms with van der Waals surface area (Å²) < 4.78 is 10.5. The normalized spacial score (nSPS) is 43.3. The van der Waals surface area contributed by atoms with Crippen LogP contribution in [0.5, 0.6) is 0 Å². The molecule has 2 aliphatic heterocycles. The summed E-state index contributed by atoms with van der Waals surface area (Å²) in [5.74, 6) is 0. The fourth-order valence-corrected chi connectivity index (χ4v) is 3.05. The molecule has 0 aromatic heterocycles. The van der Waals surface area contributed by atoms with Crippen molar-refractivity contribution in [1.29, 1.82) is 0 Å². The van der Waals surface area contributed by atoms with Crippen LogP contribution < -0.4 is 0 Å². The molecule has 0 aliphatic carbocycles. The van der Waals surface area contributed by atoms with Crippen molar-refractivity contribution >= 4 is 11.2 Å². The third kappa shape index (κ3) is 2.71. The third-order valence-electron chi connectivity index (χ3n) is 2.66. The van der Waals surface area contributed by atoms with Gasteiger partial charge in [-0.05, 0) is 10.8 Å². The van der Waals surface area contributed by atoms with Crippen LogP contribution in [0.25, 0.3) is 0 Å². The van der Waals surface area contributed by atoms with Gasteiger partial charge in [0, 0.05) is 0 Å². The number of aliphatic hydroxyl groups is 4. The summed E-state index contributed by atoms with van der Waals surface area (Å²) >= 11 is -0.965. The lowest BCUT2D eigenvalue weighted by atomic mass is 9.99. The molecule has 0 aromatic rings. The molecule has 7 heteroatoms. The highest BCUT2D eigenvalue weighted by Gasteiger charge is 2.45. The SMILES string of the molecule is OC[C@H]1O[C@@H](O)[C@H](O)[C@@H](O)[C@H]1O[SH]1C=CC=C1. The Bertz CT molecular complexity index is 306. The van der Waals surface area contributed by atoms with Crippen LogP contribution >= 0.6 is 11.2 Å². The second-order valence-electron chi connectivity index (χ2n) is 3.84. The van der Waals surface area contributed by atoms with E-state index in [0.29, 0.717) is 0 Å². The van der Waals surface area contributed by atoms with Crippen LogP contribution in [0.1, 0.15) is 0 Å². The Morgan fingerprint density at radius 3 is 2.35 bits per heavy atom. The standard InChI is InChI=1S/C10H16O6S/c11-5-6-9(16-17-3-1-2-4-17)7(12)8(13)10(14)15-6/h1-4,6-14,17H,5H2/t6-,7-,8-,9+,10-/m1/s1. The Morgan fingerprint density at radius 2 is 1.76 bits per heavy atom. The molecule has 6 nitrogen and oxygen atoms in total. The quantitative estimate of drug-likeness (QED) is 0.409. The van der Waals surface area contributed by atoms with Gasteiger partial charge in [0.25, 0.3) is 0 Å². The van der Waals surface area contributed by atoms with Crippen LogP contribution in [0.2, 0.25) is 0 Å². The van der Waals surface area contributed by atoms with Gasteiger partial charge in [-0.15, -0.1) is 11.2 Å². The van der Waals surface area contributed by atoms with Gasteiger partial charge in [-0.2, -0.15) is 0 Å². The molecule has 0 radical (unpaired) electrons. The van der Waals surface area contributed by atoms with Crippen LogP contribution in [0, 0.1) is 0 Å². The third-order valence-corrected chi connectivity index (χ3v) is 4.08. The van der Waals surface area contributed by atoms with Gasteiger partial charge in [-0.3, -0.25) is 0 Å². The molecule has 5 atom stereocenters. The van der Waals surface area contributed by atoms with E-state index in [-0.39, 0.29) is 0 Å². The van der Waals surface area contributed by atoms with Crippen LogP contribution in [0.4, 0.5) is 0 Å². The lowest BCUT2D eigenvalue weighted by molar-refractivity contribution is -0.280. The van der Waals surface area contributed by atoms with Crippen molar-refractivity contribution in [3.05, 3.63) is 23.0 Å². The second kappa shape index (κ2) is 5.49. The van der Waals surface area contributed by atoms with Crippen molar-refractivity contribution < 1.29 is 29.3 Å². The van der Waals surface area contributed by atoms with Crippen LogP contribution in [-0.4, -0.2) is 57.7 Å². The van der Waals surface area contributed by atoms with E-state index in [1.165, 1.54) is 0 Å². The molecule has 0 saturated carbocycles. The minimum Gasteiger partial charge on any atom is -0.394 e. The van der Waals surface area contributed by atoms with Crippen molar-refractivity contribution in [2.24, 2.45) is 0 Å². The van der Waals surface area contributed by atoms with E-state index in [0.717, 1.165) is 0 Å². The van der Waals surface area contributed by atoms with Crippen LogP contribution in [0.3, 0.4) is 0 Å². The van der Waals surface area contributed by atoms with E-state index in [4.69, 9.17) is 14.0 Å². The van der Waals surface area contributed by atoms with E-state index in [1.807, 2.05) is 23.0 Å². The fraction of sp³-hybridized carbons (Fsp3) is 0.600. The van der Waals surface area contributed by atoms with E-state index >= 15 is 0 Å². The lowest BCUT2D eigenvalue weighted by Crippen LogP contribution is -2.59. The predicted molar refractivity (Wildman–Crippen MR) is 62.1 cm³/mol. The number of rotatable bonds is 3. The molecule has 2 rings (SSSR count). The molecule has 98 valence electrons. The van der Waals surface area contributed by atoms with Crippen LogP contribution in [0.15, 0.2) is 23.0 Å². The van der Waals surface area contributed by atoms with Gasteiger partial charge in [0.2, 0.25) is 0 Å². The highest BCUT2D eigenvalue weighted by Crippen LogP contribution is 2.38. The second-order valence-corrected chi connectivity index (χ2v) is 5.37. The first-order valence-electron chi connectivity index (χ1n) is 5.24. The molecule has 17 heavy (non-hydrogen) atoms. The number of hydrogen-bond acceptors (Lipinski definition) is 6. The minimum absolute atomic E-state index is 0.401. The number of ether oxygens (including phenoxy) is 1. The maximum Gasteiger partial charge on any atom is 0.184 e. The molecule has 0 aromatic carbocycles. The average molecular weight is 264 g/mol. The van der Waals surface area contributed by atoms with Gasteiger partial charge in [0.15, 0.2) is 6.29 Å². The average Bonchev–Trinajstić information content (AvgIpc) is 2.82. The van der Waals surface area contributed by atoms with Crippen molar-refractivity contribution in [2.45, 2.75) is 30.7 Å². The first-order chi connectivity index (χ1) is 8.13. The van der Waals surface area contributed by atoms with Crippen molar-refractivity contribution in [3.8, 4) is 0 Å². The van der Waals surface area contributed by atoms with E-state index in [9.17, 15) is 15.3 Å². The Balaban J connectivity index is 2.05. The zero-order valence-electron chi connectivity index (χ0n) is 8.96. The molecular formula is C10H16O6S. The molecule has 1 saturated heterocycles. The molecule has 1 fully saturated rings. The first-order valence-corrected chi connectivity index (χ1v) is 6.64. The topological polar surface area (TPSA) is 99.4 Å². The smallest absolute Gasteiger partial charge is 0.184 e. The summed E-state index contributed by atoms with van der Waals surface area (Å²) in [6.07, 6.45) is -2.31. The van der Waals surface area contributed by atoms with Gasteiger partial charge in [-0.1, -0.05) is 12.2 Å². The van der Waals surface area contributed by atoms with Gasteiger partial charge >= 0.3 is 0 Å². The lowest BCUT2D eigenvalue weighted by Gasteiger charge is -2.40. The van der Waals surface area contributed by atoms with E-state index in [2.05, 4.69) is 0 Å².